The molecule has 0 saturated heterocycles. The highest BCUT2D eigenvalue weighted by Crippen LogP contribution is 2.17. The molecular formula is C12H13N5O. The fraction of sp³-hybridized carbons (Fsp3) is 0.167. The van der Waals surface area contributed by atoms with Crippen molar-refractivity contribution < 1.29 is 4.79 Å². The van der Waals surface area contributed by atoms with E-state index in [1.165, 1.54) is 13.1 Å². The highest BCUT2D eigenvalue weighted by atomic mass is 16.2. The van der Waals surface area contributed by atoms with Gasteiger partial charge in [-0.15, -0.1) is 5.10 Å². The monoisotopic (exact) mass is 243 g/mol. The molecule has 6 heteroatoms. The minimum Gasteiger partial charge on any atom is -0.273 e. The first kappa shape index (κ1) is 12.1. The van der Waals surface area contributed by atoms with E-state index in [9.17, 15) is 4.79 Å². The summed E-state index contributed by atoms with van der Waals surface area (Å²) in [7, 11) is 0. The molecule has 0 atom stereocenters. The molecule has 0 unspecified atom stereocenters. The Bertz CT molecular complexity index is 567. The zero-order valence-electron chi connectivity index (χ0n) is 10.2. The largest absolute Gasteiger partial charge is 0.273 e. The van der Waals surface area contributed by atoms with Crippen molar-refractivity contribution in [3.8, 4) is 11.3 Å². The number of hydrogen-bond donors (Lipinski definition) is 1. The van der Waals surface area contributed by atoms with Crippen molar-refractivity contribution in [1.82, 2.24) is 15.2 Å². The molecule has 0 spiro atoms. The first-order valence-corrected chi connectivity index (χ1v) is 5.40. The number of benzene rings is 1. The Labute approximate surface area is 104 Å². The summed E-state index contributed by atoms with van der Waals surface area (Å²) in [6, 6.07) is 7.81. The van der Waals surface area contributed by atoms with E-state index in [4.69, 9.17) is 5.84 Å². The molecule has 0 aliphatic heterocycles. The van der Waals surface area contributed by atoms with Gasteiger partial charge in [0.15, 0.2) is 0 Å². The molecule has 1 aromatic heterocycles. The van der Waals surface area contributed by atoms with Crippen molar-refractivity contribution in [2.75, 3.05) is 5.01 Å². The van der Waals surface area contributed by atoms with Gasteiger partial charge in [0, 0.05) is 12.5 Å². The van der Waals surface area contributed by atoms with Crippen LogP contribution in [0.25, 0.3) is 11.3 Å². The summed E-state index contributed by atoms with van der Waals surface area (Å²) in [4.78, 5) is 15.3. The average molecular weight is 243 g/mol. The maximum absolute atomic E-state index is 11.1. The zero-order chi connectivity index (χ0) is 13.1. The smallest absolute Gasteiger partial charge is 0.267 e. The van der Waals surface area contributed by atoms with E-state index in [0.29, 0.717) is 5.69 Å². The fourth-order valence-electron chi connectivity index (χ4n) is 1.40. The zero-order valence-corrected chi connectivity index (χ0v) is 10.2. The molecule has 0 aliphatic rings. The van der Waals surface area contributed by atoms with Gasteiger partial charge in [0.05, 0.1) is 11.9 Å². The molecule has 0 aliphatic carbocycles. The highest BCUT2D eigenvalue weighted by Gasteiger charge is 2.11. The number of nitrogens with two attached hydrogens (primary N) is 1. The number of aryl methyl sites for hydroxylation is 1. The Balaban J connectivity index is 2.38. The molecule has 0 saturated carbocycles. The summed E-state index contributed by atoms with van der Waals surface area (Å²) in [5.74, 6) is 5.26. The lowest BCUT2D eigenvalue weighted by molar-refractivity contribution is -0.116. The van der Waals surface area contributed by atoms with E-state index in [1.54, 1.807) is 0 Å². The third-order valence-electron chi connectivity index (χ3n) is 2.45. The molecule has 18 heavy (non-hydrogen) atoms. The molecule has 0 bridgehead atoms. The number of nitrogens with zero attached hydrogens (tertiary/aromatic N) is 4. The number of carbonyl (C=O) groups is 1. The van der Waals surface area contributed by atoms with Gasteiger partial charge >= 0.3 is 0 Å². The van der Waals surface area contributed by atoms with Crippen molar-refractivity contribution in [1.29, 1.82) is 0 Å². The number of aromatic nitrogens is 3. The SMILES string of the molecule is CC(=O)N(N)c1nncc(-c2ccc(C)cc2)n1. The lowest BCUT2D eigenvalue weighted by Crippen LogP contribution is -2.37. The van der Waals surface area contributed by atoms with Crippen LogP contribution in [0.1, 0.15) is 12.5 Å². The predicted molar refractivity (Wildman–Crippen MR) is 67.3 cm³/mol. The summed E-state index contributed by atoms with van der Waals surface area (Å²) in [6.07, 6.45) is 1.53. The van der Waals surface area contributed by atoms with Crippen LogP contribution in [0.5, 0.6) is 0 Å². The maximum atomic E-state index is 11.1. The lowest BCUT2D eigenvalue weighted by Gasteiger charge is -2.11. The highest BCUT2D eigenvalue weighted by molar-refractivity contribution is 5.88. The number of anilines is 1. The van der Waals surface area contributed by atoms with Crippen LogP contribution >= 0.6 is 0 Å². The first-order chi connectivity index (χ1) is 8.58. The van der Waals surface area contributed by atoms with Gasteiger partial charge in [-0.3, -0.25) is 4.79 Å². The lowest BCUT2D eigenvalue weighted by atomic mass is 10.1. The summed E-state index contributed by atoms with van der Waals surface area (Å²) in [5, 5.41) is 8.39. The molecule has 92 valence electrons. The van der Waals surface area contributed by atoms with Gasteiger partial charge in [0.25, 0.3) is 5.95 Å². The number of rotatable bonds is 2. The van der Waals surface area contributed by atoms with Crippen molar-refractivity contribution in [2.24, 2.45) is 5.84 Å². The van der Waals surface area contributed by atoms with Crippen molar-refractivity contribution in [3.05, 3.63) is 36.0 Å². The second-order valence-corrected chi connectivity index (χ2v) is 3.90. The second-order valence-electron chi connectivity index (χ2n) is 3.90. The van der Waals surface area contributed by atoms with Gasteiger partial charge in [-0.25, -0.2) is 15.8 Å². The number of carbonyl (C=O) groups excluding carboxylic acids is 1. The minimum atomic E-state index is -0.349. The van der Waals surface area contributed by atoms with Crippen molar-refractivity contribution in [2.45, 2.75) is 13.8 Å². The molecular weight excluding hydrogens is 230 g/mol. The molecule has 6 nitrogen and oxygen atoms in total. The molecule has 1 amide bonds. The Kier molecular flexibility index (Phi) is 3.29. The molecule has 0 fully saturated rings. The Morgan fingerprint density at radius 1 is 1.28 bits per heavy atom. The van der Waals surface area contributed by atoms with Crippen molar-refractivity contribution in [3.63, 3.8) is 0 Å². The van der Waals surface area contributed by atoms with Crippen LogP contribution in [-0.2, 0) is 4.79 Å². The topological polar surface area (TPSA) is 85.0 Å². The Morgan fingerprint density at radius 2 is 1.94 bits per heavy atom. The summed E-state index contributed by atoms with van der Waals surface area (Å²) in [5.41, 5.74) is 2.68. The van der Waals surface area contributed by atoms with E-state index in [1.807, 2.05) is 31.2 Å². The third kappa shape index (κ3) is 2.49. The van der Waals surface area contributed by atoms with Crippen LogP contribution in [0, 0.1) is 6.92 Å². The van der Waals surface area contributed by atoms with E-state index in [-0.39, 0.29) is 11.9 Å². The number of amides is 1. The van der Waals surface area contributed by atoms with Gasteiger partial charge in [0.1, 0.15) is 0 Å². The van der Waals surface area contributed by atoms with Gasteiger partial charge in [-0.05, 0) is 6.92 Å². The maximum Gasteiger partial charge on any atom is 0.267 e. The van der Waals surface area contributed by atoms with Gasteiger partial charge in [-0.1, -0.05) is 29.8 Å². The predicted octanol–water partition coefficient (Wildman–Crippen LogP) is 1.07. The molecule has 2 aromatic rings. The molecule has 0 radical (unpaired) electrons. The Morgan fingerprint density at radius 3 is 2.56 bits per heavy atom. The minimum absolute atomic E-state index is 0.0839. The average Bonchev–Trinajstić information content (AvgIpc) is 2.38. The van der Waals surface area contributed by atoms with Gasteiger partial charge in [-0.2, -0.15) is 5.10 Å². The summed E-state index contributed by atoms with van der Waals surface area (Å²) in [6.45, 7) is 3.34. The van der Waals surface area contributed by atoms with Crippen LogP contribution in [0.15, 0.2) is 30.5 Å². The van der Waals surface area contributed by atoms with E-state index in [0.717, 1.165) is 16.1 Å². The quantitative estimate of drug-likeness (QED) is 0.484. The van der Waals surface area contributed by atoms with Crippen LogP contribution in [0.3, 0.4) is 0 Å². The van der Waals surface area contributed by atoms with Crippen LogP contribution in [0.4, 0.5) is 5.95 Å². The number of hydrogen-bond acceptors (Lipinski definition) is 5. The fourth-order valence-corrected chi connectivity index (χ4v) is 1.40. The third-order valence-corrected chi connectivity index (χ3v) is 2.45. The Hall–Kier alpha value is -2.34. The summed E-state index contributed by atoms with van der Waals surface area (Å²) < 4.78 is 0. The standard InChI is InChI=1S/C12H13N5O/c1-8-3-5-10(6-4-8)11-7-14-16-12(15-11)17(13)9(2)18/h3-7H,13H2,1-2H3. The molecule has 2 N–H and O–H groups in total. The van der Waals surface area contributed by atoms with E-state index < -0.39 is 0 Å². The molecule has 2 rings (SSSR count). The summed E-state index contributed by atoms with van der Waals surface area (Å²) >= 11 is 0. The molecule has 1 heterocycles. The van der Waals surface area contributed by atoms with E-state index in [2.05, 4.69) is 15.2 Å². The normalized spacial score (nSPS) is 10.2. The van der Waals surface area contributed by atoms with Crippen molar-refractivity contribution >= 4 is 11.9 Å². The molecule has 1 aromatic carbocycles. The van der Waals surface area contributed by atoms with Crippen LogP contribution < -0.4 is 10.9 Å². The van der Waals surface area contributed by atoms with Gasteiger partial charge in [0.2, 0.25) is 5.91 Å². The van der Waals surface area contributed by atoms with Crippen LogP contribution in [-0.4, -0.2) is 21.1 Å². The first-order valence-electron chi connectivity index (χ1n) is 5.40. The van der Waals surface area contributed by atoms with Crippen LogP contribution in [0.2, 0.25) is 0 Å². The van der Waals surface area contributed by atoms with E-state index >= 15 is 0 Å². The second kappa shape index (κ2) is 4.89. The number of hydrazine groups is 1. The van der Waals surface area contributed by atoms with Gasteiger partial charge < -0.3 is 0 Å².